The van der Waals surface area contributed by atoms with Crippen molar-refractivity contribution in [3.63, 3.8) is 0 Å². The summed E-state index contributed by atoms with van der Waals surface area (Å²) < 4.78 is 1.13. The Morgan fingerprint density at radius 3 is 2.63 bits per heavy atom. The van der Waals surface area contributed by atoms with Crippen molar-refractivity contribution in [2.75, 3.05) is 0 Å². The lowest BCUT2D eigenvalue weighted by atomic mass is 10.00. The number of thiophene rings is 1. The van der Waals surface area contributed by atoms with Gasteiger partial charge in [0, 0.05) is 5.38 Å². The summed E-state index contributed by atoms with van der Waals surface area (Å²) in [5.74, 6) is -0.00774. The highest BCUT2D eigenvalue weighted by Gasteiger charge is 2.14. The number of benzene rings is 1. The van der Waals surface area contributed by atoms with E-state index in [9.17, 15) is 4.79 Å². The van der Waals surface area contributed by atoms with E-state index in [1.165, 1.54) is 16.7 Å². The van der Waals surface area contributed by atoms with Crippen molar-refractivity contribution < 1.29 is 4.79 Å². The lowest BCUT2D eigenvalue weighted by molar-refractivity contribution is 0.0940. The van der Waals surface area contributed by atoms with Crippen molar-refractivity contribution in [1.82, 2.24) is 5.32 Å². The number of aryl methyl sites for hydroxylation is 2. The fourth-order valence-electron chi connectivity index (χ4n) is 2.10. The molecule has 2 aromatic rings. The standard InChI is InChI=1S/C15H16INOS/c1-9-4-5-13(10(2)6-9)11(3)17-15(18)12-7-14(16)19-8-12/h4-8,11H,1-3H3,(H,17,18). The Hall–Kier alpha value is -0.880. The quantitative estimate of drug-likeness (QED) is 0.777. The van der Waals surface area contributed by atoms with Crippen LogP contribution >= 0.6 is 33.9 Å². The van der Waals surface area contributed by atoms with Gasteiger partial charge in [-0.1, -0.05) is 23.8 Å². The van der Waals surface area contributed by atoms with Gasteiger partial charge in [-0.3, -0.25) is 4.79 Å². The van der Waals surface area contributed by atoms with E-state index in [2.05, 4.69) is 60.0 Å². The minimum atomic E-state index is -0.00774. The third-order valence-corrected chi connectivity index (χ3v) is 4.86. The van der Waals surface area contributed by atoms with Gasteiger partial charge in [0.1, 0.15) is 0 Å². The molecule has 0 aliphatic carbocycles. The highest BCUT2D eigenvalue weighted by atomic mass is 127. The van der Waals surface area contributed by atoms with Gasteiger partial charge in [-0.2, -0.15) is 0 Å². The summed E-state index contributed by atoms with van der Waals surface area (Å²) in [4.78, 5) is 12.1. The number of nitrogens with one attached hydrogen (secondary N) is 1. The molecule has 1 aromatic carbocycles. The van der Waals surface area contributed by atoms with Gasteiger partial charge in [0.05, 0.1) is 14.5 Å². The fraction of sp³-hybridized carbons (Fsp3) is 0.267. The molecule has 1 atom stereocenters. The summed E-state index contributed by atoms with van der Waals surface area (Å²) in [6.45, 7) is 6.18. The zero-order valence-corrected chi connectivity index (χ0v) is 14.1. The van der Waals surface area contributed by atoms with Gasteiger partial charge in [-0.25, -0.2) is 0 Å². The second-order valence-corrected chi connectivity index (χ2v) is 7.50. The summed E-state index contributed by atoms with van der Waals surface area (Å²) in [5.41, 5.74) is 4.37. The number of carbonyl (C=O) groups is 1. The zero-order chi connectivity index (χ0) is 14.0. The minimum Gasteiger partial charge on any atom is -0.345 e. The van der Waals surface area contributed by atoms with Crippen LogP contribution in [0, 0.1) is 16.7 Å². The van der Waals surface area contributed by atoms with Crippen molar-refractivity contribution >= 4 is 39.8 Å². The topological polar surface area (TPSA) is 29.1 Å². The molecule has 0 saturated heterocycles. The molecule has 1 N–H and O–H groups in total. The number of hydrogen-bond acceptors (Lipinski definition) is 2. The fourth-order valence-corrected chi connectivity index (χ4v) is 3.42. The van der Waals surface area contributed by atoms with Crippen LogP contribution in [0.1, 0.15) is 40.0 Å². The summed E-state index contributed by atoms with van der Waals surface area (Å²) >= 11 is 3.81. The number of hydrogen-bond donors (Lipinski definition) is 1. The van der Waals surface area contributed by atoms with Crippen LogP contribution in [0.3, 0.4) is 0 Å². The molecule has 0 bridgehead atoms. The van der Waals surface area contributed by atoms with Crippen molar-refractivity contribution in [3.8, 4) is 0 Å². The Morgan fingerprint density at radius 1 is 1.32 bits per heavy atom. The highest BCUT2D eigenvalue weighted by Crippen LogP contribution is 2.21. The summed E-state index contributed by atoms with van der Waals surface area (Å²) in [7, 11) is 0. The van der Waals surface area contributed by atoms with Gasteiger partial charge >= 0.3 is 0 Å². The summed E-state index contributed by atoms with van der Waals surface area (Å²) in [6, 6.07) is 8.25. The molecule has 0 spiro atoms. The van der Waals surface area contributed by atoms with Crippen LogP contribution < -0.4 is 5.32 Å². The first-order valence-electron chi connectivity index (χ1n) is 6.09. The first-order chi connectivity index (χ1) is 8.97. The minimum absolute atomic E-state index is 0.00774. The van der Waals surface area contributed by atoms with Crippen molar-refractivity contribution in [1.29, 1.82) is 0 Å². The first-order valence-corrected chi connectivity index (χ1v) is 8.05. The molecule has 0 aliphatic heterocycles. The van der Waals surface area contributed by atoms with Crippen LogP contribution in [0.5, 0.6) is 0 Å². The second kappa shape index (κ2) is 6.05. The predicted molar refractivity (Wildman–Crippen MR) is 88.8 cm³/mol. The molecule has 0 radical (unpaired) electrons. The Morgan fingerprint density at radius 2 is 2.05 bits per heavy atom. The molecule has 2 rings (SSSR count). The van der Waals surface area contributed by atoms with Crippen LogP contribution in [0.2, 0.25) is 0 Å². The Bertz CT molecular complexity index is 606. The van der Waals surface area contributed by atoms with Crippen molar-refractivity contribution in [2.24, 2.45) is 0 Å². The Balaban J connectivity index is 2.12. The first kappa shape index (κ1) is 14.5. The van der Waals surface area contributed by atoms with Crippen LogP contribution in [0.25, 0.3) is 0 Å². The van der Waals surface area contributed by atoms with Crippen molar-refractivity contribution in [3.05, 3.63) is 54.8 Å². The molecule has 4 heteroatoms. The lowest BCUT2D eigenvalue weighted by Gasteiger charge is -2.16. The van der Waals surface area contributed by atoms with E-state index < -0.39 is 0 Å². The highest BCUT2D eigenvalue weighted by molar-refractivity contribution is 14.1. The summed E-state index contributed by atoms with van der Waals surface area (Å²) in [5, 5.41) is 4.95. The SMILES string of the molecule is Cc1ccc(C(C)NC(=O)c2csc(I)c2)c(C)c1. The van der Waals surface area contributed by atoms with Crippen molar-refractivity contribution in [2.45, 2.75) is 26.8 Å². The second-order valence-electron chi connectivity index (χ2n) is 4.69. The molecule has 100 valence electrons. The van der Waals surface area contributed by atoms with Gasteiger partial charge in [0.15, 0.2) is 0 Å². The molecule has 1 aromatic heterocycles. The number of carbonyl (C=O) groups excluding carboxylic acids is 1. The van der Waals surface area contributed by atoms with E-state index >= 15 is 0 Å². The maximum atomic E-state index is 12.1. The average Bonchev–Trinajstić information content (AvgIpc) is 2.75. The van der Waals surface area contributed by atoms with E-state index in [1.54, 1.807) is 11.3 Å². The van der Waals surface area contributed by atoms with Gasteiger partial charge in [0.25, 0.3) is 5.91 Å². The number of amides is 1. The number of rotatable bonds is 3. The summed E-state index contributed by atoms with van der Waals surface area (Å²) in [6.07, 6.45) is 0. The lowest BCUT2D eigenvalue weighted by Crippen LogP contribution is -2.26. The van der Waals surface area contributed by atoms with Gasteiger partial charge < -0.3 is 5.32 Å². The molecule has 0 saturated carbocycles. The Kier molecular flexibility index (Phi) is 4.62. The van der Waals surface area contributed by atoms with Gasteiger partial charge in [0.2, 0.25) is 0 Å². The smallest absolute Gasteiger partial charge is 0.252 e. The molecular formula is C15H16INOS. The monoisotopic (exact) mass is 385 g/mol. The van der Waals surface area contributed by atoms with E-state index in [-0.39, 0.29) is 11.9 Å². The maximum absolute atomic E-state index is 12.1. The van der Waals surface area contributed by atoms with Crippen LogP contribution in [0.4, 0.5) is 0 Å². The molecule has 2 nitrogen and oxygen atoms in total. The zero-order valence-electron chi connectivity index (χ0n) is 11.2. The third-order valence-electron chi connectivity index (χ3n) is 3.07. The average molecular weight is 385 g/mol. The normalized spacial score (nSPS) is 12.2. The largest absolute Gasteiger partial charge is 0.345 e. The number of halogens is 1. The molecule has 0 aliphatic rings. The molecule has 1 heterocycles. The van der Waals surface area contributed by atoms with E-state index in [0.717, 1.165) is 8.45 Å². The van der Waals surface area contributed by atoms with E-state index in [0.29, 0.717) is 0 Å². The molecule has 0 fully saturated rings. The van der Waals surface area contributed by atoms with E-state index in [1.807, 2.05) is 18.4 Å². The van der Waals surface area contributed by atoms with Gasteiger partial charge in [-0.15, -0.1) is 11.3 Å². The molecule has 1 amide bonds. The van der Waals surface area contributed by atoms with Crippen LogP contribution in [-0.2, 0) is 0 Å². The molecular weight excluding hydrogens is 369 g/mol. The Labute approximate surface area is 131 Å². The molecule has 19 heavy (non-hydrogen) atoms. The molecule has 1 unspecified atom stereocenters. The van der Waals surface area contributed by atoms with Crippen LogP contribution in [0.15, 0.2) is 29.6 Å². The van der Waals surface area contributed by atoms with Crippen LogP contribution in [-0.4, -0.2) is 5.91 Å². The van der Waals surface area contributed by atoms with E-state index in [4.69, 9.17) is 0 Å². The third kappa shape index (κ3) is 3.57. The van der Waals surface area contributed by atoms with Gasteiger partial charge in [-0.05, 0) is 60.6 Å². The predicted octanol–water partition coefficient (Wildman–Crippen LogP) is 4.46. The maximum Gasteiger partial charge on any atom is 0.252 e.